The monoisotopic (exact) mass is 269 g/mol. The molecule has 5 nitrogen and oxygen atoms in total. The maximum atomic E-state index is 13.8. The second-order valence-electron chi connectivity index (χ2n) is 4.43. The Morgan fingerprint density at radius 1 is 1.50 bits per heavy atom. The minimum Gasteiger partial charge on any atom is -0.300 e. The predicted octanol–water partition coefficient (Wildman–Crippen LogP) is 1.22. The highest BCUT2D eigenvalue weighted by atomic mass is 32.2. The molecule has 0 aliphatic heterocycles. The van der Waals surface area contributed by atoms with Crippen LogP contribution in [0.5, 0.6) is 0 Å². The average molecular weight is 269 g/mol. The number of hydrogen-bond donors (Lipinski definition) is 1. The van der Waals surface area contributed by atoms with E-state index in [0.29, 0.717) is 5.82 Å². The Labute approximate surface area is 104 Å². The third kappa shape index (κ3) is 1.79. The molecule has 0 atom stereocenters. The van der Waals surface area contributed by atoms with Crippen molar-refractivity contribution in [1.82, 2.24) is 14.1 Å². The number of imidazole rings is 1. The third-order valence-corrected chi connectivity index (χ3v) is 4.35. The quantitative estimate of drug-likeness (QED) is 0.911. The first-order valence-corrected chi connectivity index (χ1v) is 7.13. The van der Waals surface area contributed by atoms with Crippen LogP contribution >= 0.6 is 0 Å². The molecular formula is C11H12FN3O2S. The second kappa shape index (κ2) is 3.76. The Hall–Kier alpha value is -1.47. The molecule has 96 valence electrons. The van der Waals surface area contributed by atoms with E-state index in [0.717, 1.165) is 12.8 Å². The lowest BCUT2D eigenvalue weighted by Crippen LogP contribution is -2.26. The number of nitrogens with zero attached hydrogens (tertiary/aromatic N) is 2. The normalized spacial score (nSPS) is 16.3. The standard InChI is InChI=1S/C11H12FN3O2S/c1-7-13-11(18(16,17)14-8-4-5-8)10-9(12)3-2-6-15(7)10/h2-3,6,8,14H,4-5H2,1H3. The van der Waals surface area contributed by atoms with Crippen molar-refractivity contribution < 1.29 is 12.8 Å². The van der Waals surface area contributed by atoms with E-state index in [9.17, 15) is 12.8 Å². The number of hydrogen-bond acceptors (Lipinski definition) is 3. The Morgan fingerprint density at radius 3 is 2.89 bits per heavy atom. The first-order chi connectivity index (χ1) is 8.49. The molecule has 7 heteroatoms. The molecule has 1 N–H and O–H groups in total. The summed E-state index contributed by atoms with van der Waals surface area (Å²) in [4.78, 5) is 3.98. The van der Waals surface area contributed by atoms with Crippen LogP contribution in [0.1, 0.15) is 18.7 Å². The second-order valence-corrected chi connectivity index (χ2v) is 6.06. The first kappa shape index (κ1) is 11.6. The van der Waals surface area contributed by atoms with E-state index in [2.05, 4.69) is 9.71 Å². The summed E-state index contributed by atoms with van der Waals surface area (Å²) in [6.45, 7) is 1.64. The van der Waals surface area contributed by atoms with Gasteiger partial charge in [0, 0.05) is 12.2 Å². The van der Waals surface area contributed by atoms with Gasteiger partial charge in [0.1, 0.15) is 17.2 Å². The van der Waals surface area contributed by atoms with Crippen molar-refractivity contribution in [2.75, 3.05) is 0 Å². The molecule has 0 bridgehead atoms. The number of pyridine rings is 1. The Kier molecular flexibility index (Phi) is 2.43. The van der Waals surface area contributed by atoms with Crippen molar-refractivity contribution in [3.63, 3.8) is 0 Å². The van der Waals surface area contributed by atoms with Crippen molar-refractivity contribution in [3.8, 4) is 0 Å². The molecule has 0 saturated heterocycles. The maximum Gasteiger partial charge on any atom is 0.260 e. The van der Waals surface area contributed by atoms with Crippen LogP contribution in [-0.2, 0) is 10.0 Å². The molecule has 0 spiro atoms. The van der Waals surface area contributed by atoms with Crippen LogP contribution in [0.25, 0.3) is 5.52 Å². The van der Waals surface area contributed by atoms with Gasteiger partial charge >= 0.3 is 0 Å². The van der Waals surface area contributed by atoms with Gasteiger partial charge in [0.2, 0.25) is 0 Å². The van der Waals surface area contributed by atoms with Crippen LogP contribution in [0.15, 0.2) is 23.4 Å². The van der Waals surface area contributed by atoms with Crippen LogP contribution in [0, 0.1) is 12.7 Å². The summed E-state index contributed by atoms with van der Waals surface area (Å²) in [5.74, 6) is -0.144. The van der Waals surface area contributed by atoms with Gasteiger partial charge in [0.05, 0.1) is 0 Å². The number of aryl methyl sites for hydroxylation is 1. The van der Waals surface area contributed by atoms with Gasteiger partial charge in [-0.25, -0.2) is 22.5 Å². The van der Waals surface area contributed by atoms with Crippen molar-refractivity contribution in [1.29, 1.82) is 0 Å². The van der Waals surface area contributed by atoms with Crippen LogP contribution in [0.3, 0.4) is 0 Å². The Balaban J connectivity index is 2.22. The maximum absolute atomic E-state index is 13.8. The van der Waals surface area contributed by atoms with Gasteiger partial charge in [-0.2, -0.15) is 0 Å². The molecule has 0 amide bonds. The molecule has 1 aliphatic rings. The number of sulfonamides is 1. The number of halogens is 1. The third-order valence-electron chi connectivity index (χ3n) is 2.91. The largest absolute Gasteiger partial charge is 0.300 e. The smallest absolute Gasteiger partial charge is 0.260 e. The Morgan fingerprint density at radius 2 is 2.22 bits per heavy atom. The summed E-state index contributed by atoms with van der Waals surface area (Å²) in [6.07, 6.45) is 3.25. The SMILES string of the molecule is Cc1nc(S(=O)(=O)NC2CC2)c2c(F)cccn12. The summed E-state index contributed by atoms with van der Waals surface area (Å²) in [5, 5.41) is -0.231. The minimum absolute atomic E-state index is 0.00292. The summed E-state index contributed by atoms with van der Waals surface area (Å²) < 4.78 is 42.0. The number of rotatable bonds is 3. The van der Waals surface area contributed by atoms with Gasteiger partial charge in [0.25, 0.3) is 10.0 Å². The summed E-state index contributed by atoms with van der Waals surface area (Å²) in [6, 6.07) is 2.72. The number of fused-ring (bicyclic) bond motifs is 1. The lowest BCUT2D eigenvalue weighted by atomic mass is 10.4. The molecule has 1 aliphatic carbocycles. The van der Waals surface area contributed by atoms with Gasteiger partial charge in [-0.15, -0.1) is 0 Å². The van der Waals surface area contributed by atoms with E-state index in [4.69, 9.17) is 0 Å². The highest BCUT2D eigenvalue weighted by molar-refractivity contribution is 7.89. The van der Waals surface area contributed by atoms with Crippen molar-refractivity contribution in [3.05, 3.63) is 30.0 Å². The molecule has 2 aromatic rings. The summed E-state index contributed by atoms with van der Waals surface area (Å²) in [5.41, 5.74) is 0.00292. The predicted molar refractivity (Wildman–Crippen MR) is 63.2 cm³/mol. The Bertz CT molecular complexity index is 719. The van der Waals surface area contributed by atoms with E-state index >= 15 is 0 Å². The molecule has 1 fully saturated rings. The molecule has 18 heavy (non-hydrogen) atoms. The molecule has 1 saturated carbocycles. The van der Waals surface area contributed by atoms with E-state index in [1.807, 2.05) is 0 Å². The van der Waals surface area contributed by atoms with E-state index in [1.54, 1.807) is 13.1 Å². The van der Waals surface area contributed by atoms with Crippen LogP contribution in [0.4, 0.5) is 4.39 Å². The zero-order valence-electron chi connectivity index (χ0n) is 9.72. The van der Waals surface area contributed by atoms with E-state index in [1.165, 1.54) is 16.5 Å². The van der Waals surface area contributed by atoms with Crippen molar-refractivity contribution in [2.45, 2.75) is 30.8 Å². The summed E-state index contributed by atoms with van der Waals surface area (Å²) >= 11 is 0. The minimum atomic E-state index is -3.75. The van der Waals surface area contributed by atoms with E-state index < -0.39 is 15.8 Å². The fourth-order valence-corrected chi connectivity index (χ4v) is 3.36. The molecule has 0 radical (unpaired) electrons. The fourth-order valence-electron chi connectivity index (χ4n) is 1.87. The molecular weight excluding hydrogens is 257 g/mol. The number of aromatic nitrogens is 2. The molecule has 0 aromatic carbocycles. The van der Waals surface area contributed by atoms with Gasteiger partial charge in [-0.05, 0) is 31.9 Å². The zero-order chi connectivity index (χ0) is 12.9. The zero-order valence-corrected chi connectivity index (χ0v) is 10.5. The molecule has 2 heterocycles. The van der Waals surface area contributed by atoms with Crippen LogP contribution in [-0.4, -0.2) is 23.8 Å². The van der Waals surface area contributed by atoms with Gasteiger partial charge in [-0.1, -0.05) is 0 Å². The lowest BCUT2D eigenvalue weighted by Gasteiger charge is -2.03. The summed E-state index contributed by atoms with van der Waals surface area (Å²) in [7, 11) is -3.75. The van der Waals surface area contributed by atoms with Crippen LogP contribution in [0.2, 0.25) is 0 Å². The highest BCUT2D eigenvalue weighted by Gasteiger charge is 2.31. The number of nitrogens with one attached hydrogen (secondary N) is 1. The van der Waals surface area contributed by atoms with Gasteiger partial charge < -0.3 is 4.40 Å². The highest BCUT2D eigenvalue weighted by Crippen LogP contribution is 2.25. The molecule has 2 aromatic heterocycles. The van der Waals surface area contributed by atoms with Crippen LogP contribution < -0.4 is 4.72 Å². The fraction of sp³-hybridized carbons (Fsp3) is 0.364. The van der Waals surface area contributed by atoms with E-state index in [-0.39, 0.29) is 16.6 Å². The lowest BCUT2D eigenvalue weighted by molar-refractivity contribution is 0.576. The van der Waals surface area contributed by atoms with Gasteiger partial charge in [0.15, 0.2) is 5.03 Å². The molecule has 0 unspecified atom stereocenters. The molecule has 3 rings (SSSR count). The van der Waals surface area contributed by atoms with Gasteiger partial charge in [-0.3, -0.25) is 0 Å². The first-order valence-electron chi connectivity index (χ1n) is 5.64. The average Bonchev–Trinajstić information content (AvgIpc) is 3.02. The van der Waals surface area contributed by atoms with Crippen molar-refractivity contribution >= 4 is 15.5 Å². The van der Waals surface area contributed by atoms with Crippen molar-refractivity contribution in [2.24, 2.45) is 0 Å². The topological polar surface area (TPSA) is 63.5 Å².